The first kappa shape index (κ1) is 46.5. The number of carbonyl (C=O) groups is 6. The first-order valence-electron chi connectivity index (χ1n) is 12.9. The molecule has 0 spiro atoms. The fraction of sp³-hybridized carbons (Fsp3) is 0.692. The van der Waals surface area contributed by atoms with E-state index in [0.717, 1.165) is 0 Å². The molecule has 0 atom stereocenters. The maximum Gasteiger partial charge on any atom is 0.345 e. The summed E-state index contributed by atoms with van der Waals surface area (Å²) in [5.41, 5.74) is -0.770. The number of hydrogen-bond acceptors (Lipinski definition) is 13. The molecule has 0 saturated carbocycles. The largest absolute Gasteiger partial charge is 0.500 e. The topological polar surface area (TPSA) is 167 Å². The predicted octanol–water partition coefficient (Wildman–Crippen LogP) is 3.55. The van der Waals surface area contributed by atoms with Gasteiger partial charge in [-0.2, -0.15) is 0 Å². The van der Waals surface area contributed by atoms with E-state index in [2.05, 4.69) is 18.9 Å². The molecule has 0 amide bonds. The first-order chi connectivity index (χ1) is 20.1. The summed E-state index contributed by atoms with van der Waals surface area (Å²) in [5.74, 6) is -6.13. The van der Waals surface area contributed by atoms with Gasteiger partial charge >= 0.3 is 30.3 Å². The van der Waals surface area contributed by atoms with E-state index in [9.17, 15) is 46.3 Å². The Labute approximate surface area is 248 Å². The highest BCUT2D eigenvalue weighted by Gasteiger charge is 2.27. The van der Waals surface area contributed by atoms with Crippen LogP contribution in [0.15, 0.2) is 11.8 Å². The van der Waals surface area contributed by atoms with Crippen LogP contribution < -0.4 is 0 Å². The summed E-state index contributed by atoms with van der Waals surface area (Å²) in [6.45, 7) is 14.3. The number of carbonyl (C=O) groups excluding carboxylic acids is 6. The van der Waals surface area contributed by atoms with Crippen molar-refractivity contribution < 1.29 is 79.5 Å². The quantitative estimate of drug-likeness (QED) is 0.0352. The molecular formula is C26H42F4O13. The molecule has 0 aromatic rings. The predicted molar refractivity (Wildman–Crippen MR) is 141 cm³/mol. The highest BCUT2D eigenvalue weighted by Crippen LogP contribution is 2.08. The van der Waals surface area contributed by atoms with Crippen molar-refractivity contribution in [3.8, 4) is 0 Å². The van der Waals surface area contributed by atoms with Crippen LogP contribution in [0.4, 0.5) is 17.6 Å². The lowest BCUT2D eigenvalue weighted by molar-refractivity contribution is -0.282. The number of rotatable bonds is 16. The summed E-state index contributed by atoms with van der Waals surface area (Å²) in [4.78, 5) is 62.1. The third kappa shape index (κ3) is 32.9. The fourth-order valence-electron chi connectivity index (χ4n) is 1.89. The van der Waals surface area contributed by atoms with Gasteiger partial charge < -0.3 is 33.2 Å². The molecule has 17 heteroatoms. The van der Waals surface area contributed by atoms with Gasteiger partial charge in [0.25, 0.3) is 12.9 Å². The summed E-state index contributed by atoms with van der Waals surface area (Å²) in [6, 6.07) is 0. The number of ketones is 2. The van der Waals surface area contributed by atoms with Crippen molar-refractivity contribution in [3.63, 3.8) is 0 Å². The zero-order valence-corrected chi connectivity index (χ0v) is 25.6. The van der Waals surface area contributed by atoms with Crippen LogP contribution in [0.5, 0.6) is 0 Å². The molecule has 0 bridgehead atoms. The standard InChI is InChI=1S/C9H12F2O4.C7H16O3.C6H8F2O3.C4H6O3/c1-3-14-5-6(7(12)8(10)11)9(13)15-4-2;1-4-8-7(9-5-2)10-6-3;1-2-11-5(10)3-4(9)6(7)8;1-3(5)7-4(2)6/h5,8H,3-4H2,1-2H3;7H,4-6H2,1-3H3;6H,2-3H2,1H3;1-2H3/b6-5-;;;. The second kappa shape index (κ2) is 31.5. The molecule has 0 N–H and O–H groups in total. The number of halogens is 4. The molecule has 0 saturated heterocycles. The number of alkyl halides is 4. The Morgan fingerprint density at radius 1 is 0.628 bits per heavy atom. The van der Waals surface area contributed by atoms with E-state index in [1.807, 2.05) is 20.8 Å². The zero-order valence-electron chi connectivity index (χ0n) is 25.6. The Bertz CT molecular complexity index is 808. The molecule has 0 aromatic heterocycles. The van der Waals surface area contributed by atoms with Crippen LogP contribution in [0.25, 0.3) is 0 Å². The minimum absolute atomic E-state index is 0.00117. The lowest BCUT2D eigenvalue weighted by atomic mass is 10.2. The maximum atomic E-state index is 12.1. The molecule has 0 rings (SSSR count). The van der Waals surface area contributed by atoms with Gasteiger partial charge in [0.1, 0.15) is 18.3 Å². The summed E-state index contributed by atoms with van der Waals surface area (Å²) in [5, 5.41) is 0. The van der Waals surface area contributed by atoms with Gasteiger partial charge in [0, 0.05) is 33.7 Å². The van der Waals surface area contributed by atoms with Gasteiger partial charge in [-0.3, -0.25) is 24.0 Å². The van der Waals surface area contributed by atoms with Gasteiger partial charge in [-0.25, -0.2) is 22.4 Å². The minimum Gasteiger partial charge on any atom is -0.500 e. The third-order valence-electron chi connectivity index (χ3n) is 3.39. The van der Waals surface area contributed by atoms with E-state index in [-0.39, 0.29) is 19.8 Å². The molecule has 0 radical (unpaired) electrons. The Balaban J connectivity index is -0.000000244. The van der Waals surface area contributed by atoms with Gasteiger partial charge in [0.2, 0.25) is 11.6 Å². The average molecular weight is 639 g/mol. The van der Waals surface area contributed by atoms with Gasteiger partial charge in [0.15, 0.2) is 0 Å². The molecule has 0 aromatic carbocycles. The number of Topliss-reactive ketones (excluding diaryl/α,β-unsaturated/α-hetero) is 2. The second-order valence-corrected chi connectivity index (χ2v) is 6.86. The first-order valence-corrected chi connectivity index (χ1v) is 12.9. The second-order valence-electron chi connectivity index (χ2n) is 6.86. The van der Waals surface area contributed by atoms with Crippen molar-refractivity contribution in [2.75, 3.05) is 39.6 Å². The van der Waals surface area contributed by atoms with Gasteiger partial charge in [0.05, 0.1) is 19.8 Å². The number of ether oxygens (including phenoxy) is 7. The molecule has 0 aliphatic rings. The minimum atomic E-state index is -3.25. The lowest BCUT2D eigenvalue weighted by Gasteiger charge is -2.15. The lowest BCUT2D eigenvalue weighted by Crippen LogP contribution is -2.21. The average Bonchev–Trinajstić information content (AvgIpc) is 2.89. The van der Waals surface area contributed by atoms with E-state index < -0.39 is 66.8 Å². The van der Waals surface area contributed by atoms with Crippen molar-refractivity contribution in [2.45, 2.75) is 81.1 Å². The van der Waals surface area contributed by atoms with E-state index in [0.29, 0.717) is 26.1 Å². The Kier molecular flexibility index (Phi) is 34.1. The van der Waals surface area contributed by atoms with Gasteiger partial charge in [-0.15, -0.1) is 0 Å². The molecule has 0 fully saturated rings. The van der Waals surface area contributed by atoms with Crippen molar-refractivity contribution in [1.29, 1.82) is 0 Å². The monoisotopic (exact) mass is 638 g/mol. The molecule has 13 nitrogen and oxygen atoms in total. The van der Waals surface area contributed by atoms with Crippen LogP contribution in [-0.2, 0) is 61.9 Å². The Morgan fingerprint density at radius 3 is 1.35 bits per heavy atom. The molecule has 252 valence electrons. The SMILES string of the molecule is CC(=O)OC(C)=O.CCO/C=C(\C(=O)OCC)C(=O)C(F)F.CCOC(=O)CC(=O)C(F)F.CCOC(OCC)OCC. The maximum absolute atomic E-state index is 12.1. The van der Waals surface area contributed by atoms with Gasteiger partial charge in [-0.1, -0.05) is 0 Å². The molecule has 0 aliphatic carbocycles. The normalized spacial score (nSPS) is 10.3. The van der Waals surface area contributed by atoms with Gasteiger partial charge in [-0.05, 0) is 41.5 Å². The number of hydrogen-bond donors (Lipinski definition) is 0. The van der Waals surface area contributed by atoms with Crippen molar-refractivity contribution in [2.24, 2.45) is 0 Å². The molecule has 0 heterocycles. The third-order valence-corrected chi connectivity index (χ3v) is 3.39. The highest BCUT2D eigenvalue weighted by molar-refractivity contribution is 6.18. The molecule has 0 unspecified atom stereocenters. The van der Waals surface area contributed by atoms with Crippen LogP contribution in [0.1, 0.15) is 61.8 Å². The van der Waals surface area contributed by atoms with Crippen molar-refractivity contribution in [1.82, 2.24) is 0 Å². The number of esters is 4. The smallest absolute Gasteiger partial charge is 0.345 e. The van der Waals surface area contributed by atoms with E-state index in [4.69, 9.17) is 14.2 Å². The molecular weight excluding hydrogens is 596 g/mol. The Morgan fingerprint density at radius 2 is 1.07 bits per heavy atom. The summed E-state index contributed by atoms with van der Waals surface area (Å²) in [6.07, 6.45) is -6.47. The highest BCUT2D eigenvalue weighted by atomic mass is 19.3. The van der Waals surface area contributed by atoms with E-state index in [1.54, 1.807) is 6.92 Å². The summed E-state index contributed by atoms with van der Waals surface area (Å²) in [7, 11) is 0. The summed E-state index contributed by atoms with van der Waals surface area (Å²) >= 11 is 0. The Hall–Kier alpha value is -3.44. The fourth-order valence-corrected chi connectivity index (χ4v) is 1.89. The van der Waals surface area contributed by atoms with Crippen LogP contribution in [0.3, 0.4) is 0 Å². The van der Waals surface area contributed by atoms with E-state index >= 15 is 0 Å². The zero-order chi connectivity index (χ0) is 34.4. The van der Waals surface area contributed by atoms with Crippen molar-refractivity contribution >= 4 is 35.4 Å². The van der Waals surface area contributed by atoms with E-state index in [1.165, 1.54) is 27.7 Å². The molecule has 0 aliphatic heterocycles. The van der Waals surface area contributed by atoms with Crippen LogP contribution >= 0.6 is 0 Å². The van der Waals surface area contributed by atoms with Crippen LogP contribution in [0.2, 0.25) is 0 Å². The summed E-state index contributed by atoms with van der Waals surface area (Å²) < 4.78 is 79.6. The van der Waals surface area contributed by atoms with Crippen LogP contribution in [-0.4, -0.2) is 94.4 Å². The van der Waals surface area contributed by atoms with Crippen molar-refractivity contribution in [3.05, 3.63) is 11.8 Å². The molecule has 43 heavy (non-hydrogen) atoms. The van der Waals surface area contributed by atoms with Crippen LogP contribution in [0, 0.1) is 0 Å².